The maximum Gasteiger partial charge on any atom is 0.333 e. The Hall–Kier alpha value is -2.30. The summed E-state index contributed by atoms with van der Waals surface area (Å²) in [5.74, 6) is 1.19. The van der Waals surface area contributed by atoms with Crippen molar-refractivity contribution in [1.82, 2.24) is 10.2 Å². The minimum absolute atomic E-state index is 0.328. The summed E-state index contributed by atoms with van der Waals surface area (Å²) in [7, 11) is 0. The quantitative estimate of drug-likeness (QED) is 0.678. The number of ether oxygens (including phenoxy) is 1. The smallest absolute Gasteiger partial charge is 0.333 e. The number of H-pyrrole nitrogens is 1. The number of aromatic amines is 1. The zero-order valence-electron chi connectivity index (χ0n) is 11.2. The lowest BCUT2D eigenvalue weighted by Crippen LogP contribution is -2.04. The van der Waals surface area contributed by atoms with E-state index >= 15 is 0 Å². The van der Waals surface area contributed by atoms with E-state index < -0.39 is 0 Å². The van der Waals surface area contributed by atoms with Crippen LogP contribution in [0.3, 0.4) is 0 Å². The number of furan rings is 1. The molecule has 0 radical (unpaired) electrons. The van der Waals surface area contributed by atoms with Gasteiger partial charge in [-0.2, -0.15) is 5.10 Å². The molecule has 0 fully saturated rings. The molecular formula is C14H16N2O3. The lowest BCUT2D eigenvalue weighted by molar-refractivity contribution is -0.138. The van der Waals surface area contributed by atoms with E-state index in [1.165, 1.54) is 0 Å². The van der Waals surface area contributed by atoms with Gasteiger partial charge in [-0.3, -0.25) is 5.10 Å². The van der Waals surface area contributed by atoms with Gasteiger partial charge in [-0.1, -0.05) is 0 Å². The summed E-state index contributed by atoms with van der Waals surface area (Å²) in [6.45, 7) is 5.72. The van der Waals surface area contributed by atoms with E-state index in [-0.39, 0.29) is 5.97 Å². The van der Waals surface area contributed by atoms with Crippen molar-refractivity contribution in [3.8, 4) is 11.5 Å². The summed E-state index contributed by atoms with van der Waals surface area (Å²) in [4.78, 5) is 11.6. The maximum absolute atomic E-state index is 11.6. The summed E-state index contributed by atoms with van der Waals surface area (Å²) in [5, 5.41) is 6.86. The van der Waals surface area contributed by atoms with Crippen LogP contribution in [0.2, 0.25) is 0 Å². The third-order valence-corrected chi connectivity index (χ3v) is 2.62. The van der Waals surface area contributed by atoms with Crippen molar-refractivity contribution in [3.63, 3.8) is 0 Å². The SMILES string of the molecule is CCOC(=O)/C(C)=C/c1cn[nH]c1-c1ccc(C)o1. The van der Waals surface area contributed by atoms with E-state index in [0.29, 0.717) is 17.9 Å². The molecule has 2 heterocycles. The van der Waals surface area contributed by atoms with Crippen LogP contribution >= 0.6 is 0 Å². The number of aromatic nitrogens is 2. The van der Waals surface area contributed by atoms with Crippen molar-refractivity contribution < 1.29 is 13.9 Å². The number of rotatable bonds is 4. The van der Waals surface area contributed by atoms with Gasteiger partial charge in [-0.05, 0) is 39.0 Å². The van der Waals surface area contributed by atoms with E-state index in [9.17, 15) is 4.79 Å². The minimum atomic E-state index is -0.328. The lowest BCUT2D eigenvalue weighted by Gasteiger charge is -2.01. The molecule has 0 aliphatic carbocycles. The van der Waals surface area contributed by atoms with Gasteiger partial charge in [-0.25, -0.2) is 4.79 Å². The molecule has 0 aliphatic heterocycles. The molecule has 19 heavy (non-hydrogen) atoms. The van der Waals surface area contributed by atoms with E-state index in [0.717, 1.165) is 17.0 Å². The molecule has 100 valence electrons. The number of nitrogens with one attached hydrogen (secondary N) is 1. The third kappa shape index (κ3) is 2.93. The second kappa shape index (κ2) is 5.56. The molecule has 0 unspecified atom stereocenters. The van der Waals surface area contributed by atoms with Gasteiger partial charge in [0.25, 0.3) is 0 Å². The summed E-state index contributed by atoms with van der Waals surface area (Å²) in [5.41, 5.74) is 2.06. The number of nitrogens with zero attached hydrogens (tertiary/aromatic N) is 1. The first kappa shape index (κ1) is 13.1. The highest BCUT2D eigenvalue weighted by Gasteiger charge is 2.12. The fourth-order valence-electron chi connectivity index (χ4n) is 1.71. The number of hydrogen-bond donors (Lipinski definition) is 1. The molecule has 5 heteroatoms. The Morgan fingerprint density at radius 3 is 2.95 bits per heavy atom. The number of esters is 1. The molecule has 0 aliphatic rings. The zero-order valence-corrected chi connectivity index (χ0v) is 11.2. The first-order chi connectivity index (χ1) is 9.11. The molecule has 0 saturated heterocycles. The molecule has 0 saturated carbocycles. The summed E-state index contributed by atoms with van der Waals surface area (Å²) in [6.07, 6.45) is 3.38. The Morgan fingerprint density at radius 2 is 2.32 bits per heavy atom. The van der Waals surface area contributed by atoms with Gasteiger partial charge in [-0.15, -0.1) is 0 Å². The van der Waals surface area contributed by atoms with Gasteiger partial charge in [0.2, 0.25) is 0 Å². The van der Waals surface area contributed by atoms with Gasteiger partial charge in [0, 0.05) is 11.1 Å². The van der Waals surface area contributed by atoms with Crippen LogP contribution in [0.5, 0.6) is 0 Å². The highest BCUT2D eigenvalue weighted by atomic mass is 16.5. The topological polar surface area (TPSA) is 68.1 Å². The second-order valence-electron chi connectivity index (χ2n) is 4.16. The first-order valence-electron chi connectivity index (χ1n) is 6.07. The Balaban J connectivity index is 2.30. The predicted molar refractivity (Wildman–Crippen MR) is 71.3 cm³/mol. The van der Waals surface area contributed by atoms with Gasteiger partial charge >= 0.3 is 5.97 Å². The van der Waals surface area contributed by atoms with Crippen molar-refractivity contribution in [2.75, 3.05) is 6.61 Å². The Morgan fingerprint density at radius 1 is 1.53 bits per heavy atom. The lowest BCUT2D eigenvalue weighted by atomic mass is 10.1. The number of carbonyl (C=O) groups is 1. The standard InChI is InChI=1S/C14H16N2O3/c1-4-18-14(17)9(2)7-11-8-15-16-13(11)12-6-5-10(3)19-12/h5-8H,4H2,1-3H3,(H,15,16)/b9-7+. The summed E-state index contributed by atoms with van der Waals surface area (Å²) in [6, 6.07) is 3.74. The van der Waals surface area contributed by atoms with E-state index in [2.05, 4.69) is 10.2 Å². The van der Waals surface area contributed by atoms with Crippen LogP contribution in [0.1, 0.15) is 25.2 Å². The average Bonchev–Trinajstić information content (AvgIpc) is 2.98. The van der Waals surface area contributed by atoms with Crippen molar-refractivity contribution in [2.24, 2.45) is 0 Å². The van der Waals surface area contributed by atoms with Crippen LogP contribution in [0.15, 0.2) is 28.3 Å². The summed E-state index contributed by atoms with van der Waals surface area (Å²) >= 11 is 0. The normalized spacial score (nSPS) is 11.6. The molecular weight excluding hydrogens is 244 g/mol. The molecule has 2 rings (SSSR count). The van der Waals surface area contributed by atoms with Crippen molar-refractivity contribution in [2.45, 2.75) is 20.8 Å². The van der Waals surface area contributed by atoms with E-state index in [1.54, 1.807) is 26.1 Å². The number of hydrogen-bond acceptors (Lipinski definition) is 4. The Kier molecular flexibility index (Phi) is 3.85. The molecule has 1 N–H and O–H groups in total. The molecule has 0 bridgehead atoms. The van der Waals surface area contributed by atoms with Gasteiger partial charge < -0.3 is 9.15 Å². The van der Waals surface area contributed by atoms with Crippen molar-refractivity contribution >= 4 is 12.0 Å². The fraction of sp³-hybridized carbons (Fsp3) is 0.286. The van der Waals surface area contributed by atoms with Crippen LogP contribution in [0, 0.1) is 6.92 Å². The number of carbonyl (C=O) groups excluding carboxylic acids is 1. The largest absolute Gasteiger partial charge is 0.463 e. The molecule has 0 spiro atoms. The van der Waals surface area contributed by atoms with Crippen LogP contribution in [0.25, 0.3) is 17.5 Å². The minimum Gasteiger partial charge on any atom is -0.463 e. The first-order valence-corrected chi connectivity index (χ1v) is 6.07. The molecule has 2 aromatic rings. The van der Waals surface area contributed by atoms with Crippen LogP contribution in [-0.4, -0.2) is 22.8 Å². The average molecular weight is 260 g/mol. The number of aryl methyl sites for hydroxylation is 1. The monoisotopic (exact) mass is 260 g/mol. The van der Waals surface area contributed by atoms with E-state index in [4.69, 9.17) is 9.15 Å². The third-order valence-electron chi connectivity index (χ3n) is 2.62. The zero-order chi connectivity index (χ0) is 13.8. The summed E-state index contributed by atoms with van der Waals surface area (Å²) < 4.78 is 10.5. The van der Waals surface area contributed by atoms with Gasteiger partial charge in [0.15, 0.2) is 5.76 Å². The maximum atomic E-state index is 11.6. The van der Waals surface area contributed by atoms with Gasteiger partial charge in [0.05, 0.1) is 12.8 Å². The highest BCUT2D eigenvalue weighted by molar-refractivity contribution is 5.94. The van der Waals surface area contributed by atoms with Crippen LogP contribution in [-0.2, 0) is 9.53 Å². The van der Waals surface area contributed by atoms with Crippen LogP contribution in [0.4, 0.5) is 0 Å². The van der Waals surface area contributed by atoms with Crippen LogP contribution < -0.4 is 0 Å². The molecule has 2 aromatic heterocycles. The molecule has 0 amide bonds. The van der Waals surface area contributed by atoms with Crippen molar-refractivity contribution in [1.29, 1.82) is 0 Å². The second-order valence-corrected chi connectivity index (χ2v) is 4.16. The van der Waals surface area contributed by atoms with Gasteiger partial charge in [0.1, 0.15) is 11.5 Å². The van der Waals surface area contributed by atoms with E-state index in [1.807, 2.05) is 19.1 Å². The fourth-order valence-corrected chi connectivity index (χ4v) is 1.71. The molecule has 0 atom stereocenters. The Labute approximate surface area is 111 Å². The predicted octanol–water partition coefficient (Wildman–Crippen LogP) is 2.94. The molecule has 5 nitrogen and oxygen atoms in total. The van der Waals surface area contributed by atoms with Crippen molar-refractivity contribution in [3.05, 3.63) is 35.2 Å². The molecule has 0 aromatic carbocycles. The highest BCUT2D eigenvalue weighted by Crippen LogP contribution is 2.25. The Bertz CT molecular complexity index is 608.